The molecule has 0 saturated carbocycles. The molecule has 2 aliphatic heterocycles. The maximum atomic E-state index is 7.55. The van der Waals surface area contributed by atoms with Crippen molar-refractivity contribution in [3.63, 3.8) is 0 Å². The molecule has 6 nitrogen and oxygen atoms in total. The third-order valence-electron chi connectivity index (χ3n) is 4.49. The molecule has 1 aromatic rings. The van der Waals surface area contributed by atoms with Crippen molar-refractivity contribution < 1.29 is 0 Å². The first-order valence-electron chi connectivity index (χ1n) is 7.88. The van der Waals surface area contributed by atoms with Crippen molar-refractivity contribution in [3.8, 4) is 11.8 Å². The van der Waals surface area contributed by atoms with Crippen LogP contribution in [0.15, 0.2) is 12.3 Å². The van der Waals surface area contributed by atoms with Gasteiger partial charge in [-0.3, -0.25) is 15.0 Å². The summed E-state index contributed by atoms with van der Waals surface area (Å²) in [7, 11) is 1.80. The zero-order chi connectivity index (χ0) is 15.5. The average Bonchev–Trinajstić information content (AvgIpc) is 2.90. The number of piperidine rings is 1. The largest absolute Gasteiger partial charge is 0.382 e. The van der Waals surface area contributed by atoms with Gasteiger partial charge in [-0.25, -0.2) is 0 Å². The lowest BCUT2D eigenvalue weighted by Crippen LogP contribution is -2.54. The van der Waals surface area contributed by atoms with Crippen molar-refractivity contribution in [1.82, 2.24) is 14.9 Å². The van der Waals surface area contributed by atoms with Gasteiger partial charge >= 0.3 is 0 Å². The Morgan fingerprint density at radius 2 is 2.14 bits per heavy atom. The quantitative estimate of drug-likeness (QED) is 0.359. The fourth-order valence-electron chi connectivity index (χ4n) is 3.18. The standard InChI is InChI=1S/C16H24N6/c1-19-22-11-12(8-15(22)16(17)18)2-3-13-9-21(10-13)14-4-6-20-7-5-14/h8,11,13-14,19-20H,4-7,9-10H2,1H3,(H3,17,18). The molecule has 2 fully saturated rings. The molecule has 0 spiro atoms. The first-order valence-corrected chi connectivity index (χ1v) is 7.88. The van der Waals surface area contributed by atoms with Crippen molar-refractivity contribution in [1.29, 1.82) is 5.41 Å². The number of nitrogens with zero attached hydrogens (tertiary/aromatic N) is 2. The van der Waals surface area contributed by atoms with Crippen LogP contribution in [-0.4, -0.2) is 54.7 Å². The van der Waals surface area contributed by atoms with Gasteiger partial charge in [-0.05, 0) is 32.0 Å². The van der Waals surface area contributed by atoms with Crippen LogP contribution < -0.4 is 16.5 Å². The number of hydrogen-bond donors (Lipinski definition) is 4. The number of nitrogen functional groups attached to an aromatic ring is 1. The normalized spacial score (nSPS) is 20.0. The number of aromatic nitrogens is 1. The number of nitrogens with one attached hydrogen (secondary N) is 3. The summed E-state index contributed by atoms with van der Waals surface area (Å²) in [6.45, 7) is 4.46. The van der Waals surface area contributed by atoms with Gasteiger partial charge in [0.2, 0.25) is 0 Å². The number of rotatable bonds is 3. The minimum Gasteiger partial charge on any atom is -0.382 e. The van der Waals surface area contributed by atoms with Gasteiger partial charge in [0.25, 0.3) is 0 Å². The van der Waals surface area contributed by atoms with E-state index in [1.54, 1.807) is 11.7 Å². The molecular weight excluding hydrogens is 276 g/mol. The van der Waals surface area contributed by atoms with Crippen molar-refractivity contribution in [3.05, 3.63) is 23.5 Å². The van der Waals surface area contributed by atoms with Crippen LogP contribution in [0, 0.1) is 23.2 Å². The minimum atomic E-state index is 0.0446. The summed E-state index contributed by atoms with van der Waals surface area (Å²) in [4.78, 5) is 2.56. The van der Waals surface area contributed by atoms with E-state index in [-0.39, 0.29) is 5.84 Å². The first-order chi connectivity index (χ1) is 10.7. The molecule has 0 aliphatic carbocycles. The Morgan fingerprint density at radius 1 is 1.41 bits per heavy atom. The zero-order valence-corrected chi connectivity index (χ0v) is 13.0. The molecule has 0 amide bonds. The van der Waals surface area contributed by atoms with Gasteiger partial charge in [0.05, 0.1) is 0 Å². The van der Waals surface area contributed by atoms with Crippen molar-refractivity contribution in [2.75, 3.05) is 38.7 Å². The van der Waals surface area contributed by atoms with E-state index in [4.69, 9.17) is 11.1 Å². The molecule has 2 saturated heterocycles. The highest BCUT2D eigenvalue weighted by atomic mass is 15.4. The van der Waals surface area contributed by atoms with Crippen LogP contribution in [0.2, 0.25) is 0 Å². The molecule has 0 atom stereocenters. The lowest BCUT2D eigenvalue weighted by molar-refractivity contribution is 0.0640. The van der Waals surface area contributed by atoms with Crippen LogP contribution in [0.1, 0.15) is 24.1 Å². The molecule has 0 bridgehead atoms. The van der Waals surface area contributed by atoms with E-state index in [1.807, 2.05) is 12.3 Å². The average molecular weight is 300 g/mol. The zero-order valence-electron chi connectivity index (χ0n) is 13.0. The smallest absolute Gasteiger partial charge is 0.141 e. The van der Waals surface area contributed by atoms with Crippen molar-refractivity contribution in [2.45, 2.75) is 18.9 Å². The Bertz CT molecular complexity index is 596. The van der Waals surface area contributed by atoms with E-state index in [0.29, 0.717) is 11.6 Å². The van der Waals surface area contributed by atoms with E-state index in [0.717, 1.165) is 37.8 Å². The van der Waals surface area contributed by atoms with Crippen LogP contribution >= 0.6 is 0 Å². The molecule has 0 radical (unpaired) electrons. The van der Waals surface area contributed by atoms with Crippen LogP contribution in [0.25, 0.3) is 0 Å². The number of amidine groups is 1. The van der Waals surface area contributed by atoms with E-state index < -0.39 is 0 Å². The molecule has 3 rings (SSSR count). The summed E-state index contributed by atoms with van der Waals surface area (Å²) >= 11 is 0. The molecule has 118 valence electrons. The number of nitrogens with two attached hydrogens (primary N) is 1. The topological polar surface area (TPSA) is 82.1 Å². The Kier molecular flexibility index (Phi) is 4.36. The molecule has 1 aromatic heterocycles. The molecule has 0 aromatic carbocycles. The van der Waals surface area contributed by atoms with Gasteiger partial charge in [-0.2, -0.15) is 0 Å². The monoisotopic (exact) mass is 300 g/mol. The highest BCUT2D eigenvalue weighted by molar-refractivity contribution is 5.94. The second-order valence-corrected chi connectivity index (χ2v) is 6.02. The molecule has 5 N–H and O–H groups in total. The summed E-state index contributed by atoms with van der Waals surface area (Å²) < 4.78 is 1.73. The van der Waals surface area contributed by atoms with E-state index in [2.05, 4.69) is 27.5 Å². The second-order valence-electron chi connectivity index (χ2n) is 6.02. The van der Waals surface area contributed by atoms with Crippen LogP contribution in [-0.2, 0) is 0 Å². The molecule has 6 heteroatoms. The summed E-state index contributed by atoms with van der Waals surface area (Å²) in [6, 6.07) is 2.60. The Morgan fingerprint density at radius 3 is 2.73 bits per heavy atom. The summed E-state index contributed by atoms with van der Waals surface area (Å²) in [5.74, 6) is 7.08. The minimum absolute atomic E-state index is 0.0446. The molecule has 3 heterocycles. The fraction of sp³-hybridized carbons (Fsp3) is 0.562. The molecule has 0 unspecified atom stereocenters. The first kappa shape index (κ1) is 14.9. The SMILES string of the molecule is CNn1cc(C#CC2CN(C3CCNCC3)C2)cc1C(=N)N. The van der Waals surface area contributed by atoms with Crippen LogP contribution in [0.3, 0.4) is 0 Å². The second kappa shape index (κ2) is 6.42. The van der Waals surface area contributed by atoms with E-state index >= 15 is 0 Å². The van der Waals surface area contributed by atoms with Gasteiger partial charge < -0.3 is 16.5 Å². The fourth-order valence-corrected chi connectivity index (χ4v) is 3.18. The Balaban J connectivity index is 1.57. The summed E-state index contributed by atoms with van der Waals surface area (Å²) in [5, 5.41) is 11.0. The van der Waals surface area contributed by atoms with Crippen molar-refractivity contribution >= 4 is 5.84 Å². The van der Waals surface area contributed by atoms with Gasteiger partial charge in [0, 0.05) is 43.9 Å². The third-order valence-corrected chi connectivity index (χ3v) is 4.49. The van der Waals surface area contributed by atoms with Crippen molar-refractivity contribution in [2.24, 2.45) is 11.7 Å². The van der Waals surface area contributed by atoms with E-state index in [1.165, 1.54) is 12.8 Å². The summed E-state index contributed by atoms with van der Waals surface area (Å²) in [6.07, 6.45) is 4.40. The van der Waals surface area contributed by atoms with Gasteiger partial charge in [-0.15, -0.1) is 0 Å². The molecule has 22 heavy (non-hydrogen) atoms. The lowest BCUT2D eigenvalue weighted by atomic mass is 9.94. The maximum absolute atomic E-state index is 7.55. The Hall–Kier alpha value is -1.97. The van der Waals surface area contributed by atoms with Crippen LogP contribution in [0.5, 0.6) is 0 Å². The predicted octanol–water partition coefficient (Wildman–Crippen LogP) is -0.0192. The van der Waals surface area contributed by atoms with Gasteiger partial charge in [0.1, 0.15) is 11.5 Å². The predicted molar refractivity (Wildman–Crippen MR) is 88.6 cm³/mol. The highest BCUT2D eigenvalue weighted by Gasteiger charge is 2.31. The number of likely N-dealkylation sites (tertiary alicyclic amines) is 1. The third kappa shape index (κ3) is 3.11. The van der Waals surface area contributed by atoms with Crippen LogP contribution in [0.4, 0.5) is 0 Å². The van der Waals surface area contributed by atoms with Gasteiger partial charge in [-0.1, -0.05) is 11.8 Å². The lowest BCUT2D eigenvalue weighted by Gasteiger charge is -2.44. The maximum Gasteiger partial charge on any atom is 0.141 e. The molecular formula is C16H24N6. The van der Waals surface area contributed by atoms with E-state index in [9.17, 15) is 0 Å². The number of hydrogen-bond acceptors (Lipinski definition) is 4. The summed E-state index contributed by atoms with van der Waals surface area (Å²) in [5.41, 5.74) is 10.1. The molecule has 2 aliphatic rings. The Labute approximate surface area is 131 Å². The van der Waals surface area contributed by atoms with Gasteiger partial charge in [0.15, 0.2) is 0 Å². The highest BCUT2D eigenvalue weighted by Crippen LogP contribution is 2.22.